The summed E-state index contributed by atoms with van der Waals surface area (Å²) in [6.07, 6.45) is 2.84. The van der Waals surface area contributed by atoms with Gasteiger partial charge < -0.3 is 10.6 Å². The van der Waals surface area contributed by atoms with E-state index in [1.54, 1.807) is 4.68 Å². The molecule has 0 unspecified atom stereocenters. The van der Waals surface area contributed by atoms with E-state index in [1.165, 1.54) is 0 Å². The summed E-state index contributed by atoms with van der Waals surface area (Å²) in [5.41, 5.74) is 2.95. The van der Waals surface area contributed by atoms with E-state index in [4.69, 9.17) is 0 Å². The maximum atomic E-state index is 4.43. The zero-order valence-electron chi connectivity index (χ0n) is 11.9. The van der Waals surface area contributed by atoms with Crippen molar-refractivity contribution in [2.75, 3.05) is 17.2 Å². The number of aryl methyl sites for hydroxylation is 3. The van der Waals surface area contributed by atoms with Crippen molar-refractivity contribution in [2.24, 2.45) is 7.05 Å². The van der Waals surface area contributed by atoms with Crippen LogP contribution < -0.4 is 10.6 Å². The number of nitrogens with zero attached hydrogens (tertiary/aromatic N) is 4. The van der Waals surface area contributed by atoms with E-state index in [0.717, 1.165) is 35.9 Å². The summed E-state index contributed by atoms with van der Waals surface area (Å²) in [6.45, 7) is 6.87. The Kier molecular flexibility index (Phi) is 3.99. The Morgan fingerprint density at radius 3 is 2.74 bits per heavy atom. The molecule has 0 saturated heterocycles. The van der Waals surface area contributed by atoms with E-state index in [9.17, 15) is 0 Å². The number of hydrogen-bond donors (Lipinski definition) is 2. The topological polar surface area (TPSA) is 67.7 Å². The first-order chi connectivity index (χ1) is 9.12. The minimum atomic E-state index is 0.645. The number of aromatic nitrogens is 4. The van der Waals surface area contributed by atoms with E-state index in [0.29, 0.717) is 5.95 Å². The Balaban J connectivity index is 2.26. The van der Waals surface area contributed by atoms with Gasteiger partial charge in [0.05, 0.1) is 11.4 Å². The highest BCUT2D eigenvalue weighted by Gasteiger charge is 2.08. The van der Waals surface area contributed by atoms with Crippen LogP contribution in [0.15, 0.2) is 12.3 Å². The Morgan fingerprint density at radius 1 is 1.26 bits per heavy atom. The molecule has 0 bridgehead atoms. The minimum Gasteiger partial charge on any atom is -0.354 e. The van der Waals surface area contributed by atoms with Crippen molar-refractivity contribution in [2.45, 2.75) is 27.2 Å². The van der Waals surface area contributed by atoms with Gasteiger partial charge in [0.25, 0.3) is 0 Å². The molecule has 0 aliphatic carbocycles. The molecule has 0 aliphatic heterocycles. The molecule has 2 aromatic heterocycles. The summed E-state index contributed by atoms with van der Waals surface area (Å²) in [5.74, 6) is 1.43. The maximum absolute atomic E-state index is 4.43. The van der Waals surface area contributed by atoms with Crippen LogP contribution in [0.1, 0.15) is 25.2 Å². The fourth-order valence-electron chi connectivity index (χ4n) is 1.91. The van der Waals surface area contributed by atoms with Crippen LogP contribution in [-0.2, 0) is 13.5 Å². The van der Waals surface area contributed by atoms with Gasteiger partial charge in [-0.2, -0.15) is 10.1 Å². The lowest BCUT2D eigenvalue weighted by atomic mass is 10.3. The second-order valence-corrected chi connectivity index (χ2v) is 4.39. The maximum Gasteiger partial charge on any atom is 0.224 e. The molecule has 2 heterocycles. The van der Waals surface area contributed by atoms with Gasteiger partial charge >= 0.3 is 0 Å². The molecule has 0 aliphatic rings. The third kappa shape index (κ3) is 3.21. The van der Waals surface area contributed by atoms with Crippen molar-refractivity contribution in [3.05, 3.63) is 23.7 Å². The highest BCUT2D eigenvalue weighted by molar-refractivity contribution is 5.59. The highest BCUT2D eigenvalue weighted by atomic mass is 15.3. The van der Waals surface area contributed by atoms with Crippen LogP contribution in [0.2, 0.25) is 0 Å². The van der Waals surface area contributed by atoms with Crippen molar-refractivity contribution >= 4 is 17.5 Å². The van der Waals surface area contributed by atoms with E-state index in [2.05, 4.69) is 32.6 Å². The molecule has 0 spiro atoms. The Morgan fingerprint density at radius 2 is 2.05 bits per heavy atom. The summed E-state index contributed by atoms with van der Waals surface area (Å²) in [5, 5.41) is 10.8. The molecule has 102 valence electrons. The van der Waals surface area contributed by atoms with Crippen LogP contribution in [0.25, 0.3) is 0 Å². The van der Waals surface area contributed by atoms with Gasteiger partial charge in [0.2, 0.25) is 5.95 Å². The highest BCUT2D eigenvalue weighted by Crippen LogP contribution is 2.20. The van der Waals surface area contributed by atoms with Crippen LogP contribution in [0, 0.1) is 6.92 Å². The van der Waals surface area contributed by atoms with Crippen LogP contribution >= 0.6 is 0 Å². The summed E-state index contributed by atoms with van der Waals surface area (Å²) in [7, 11) is 1.92. The largest absolute Gasteiger partial charge is 0.354 e. The molecule has 6 heteroatoms. The normalized spacial score (nSPS) is 10.5. The van der Waals surface area contributed by atoms with Gasteiger partial charge in [-0.1, -0.05) is 6.92 Å². The monoisotopic (exact) mass is 260 g/mol. The smallest absolute Gasteiger partial charge is 0.224 e. The lowest BCUT2D eigenvalue weighted by Crippen LogP contribution is -2.05. The average molecular weight is 260 g/mol. The SMILES string of the molecule is CCNc1nc(C)cc(Nc2cn(C)nc2CC)n1. The van der Waals surface area contributed by atoms with Gasteiger partial charge in [-0.3, -0.25) is 4.68 Å². The second kappa shape index (κ2) is 5.69. The lowest BCUT2D eigenvalue weighted by Gasteiger charge is -2.08. The predicted octanol–water partition coefficient (Wildman–Crippen LogP) is 2.26. The van der Waals surface area contributed by atoms with E-state index >= 15 is 0 Å². The first kappa shape index (κ1) is 13.3. The van der Waals surface area contributed by atoms with Crippen molar-refractivity contribution in [1.82, 2.24) is 19.7 Å². The van der Waals surface area contributed by atoms with Gasteiger partial charge in [-0.05, 0) is 20.3 Å². The molecule has 0 aromatic carbocycles. The fraction of sp³-hybridized carbons (Fsp3) is 0.462. The average Bonchev–Trinajstić information content (AvgIpc) is 2.69. The number of anilines is 3. The molecule has 2 N–H and O–H groups in total. The molecule has 0 amide bonds. The molecule has 2 rings (SSSR count). The molecular weight excluding hydrogens is 240 g/mol. The van der Waals surface area contributed by atoms with Gasteiger partial charge in [0.15, 0.2) is 0 Å². The molecule has 6 nitrogen and oxygen atoms in total. The van der Waals surface area contributed by atoms with Crippen LogP contribution in [0.5, 0.6) is 0 Å². The Labute approximate surface area is 113 Å². The first-order valence-electron chi connectivity index (χ1n) is 6.51. The predicted molar refractivity (Wildman–Crippen MR) is 76.8 cm³/mol. The lowest BCUT2D eigenvalue weighted by molar-refractivity contribution is 0.746. The zero-order valence-corrected chi connectivity index (χ0v) is 11.9. The Hall–Kier alpha value is -2.11. The van der Waals surface area contributed by atoms with Crippen molar-refractivity contribution in [1.29, 1.82) is 0 Å². The molecule has 0 saturated carbocycles. The quantitative estimate of drug-likeness (QED) is 0.863. The molecule has 0 fully saturated rings. The van der Waals surface area contributed by atoms with Crippen molar-refractivity contribution in [3.63, 3.8) is 0 Å². The third-order valence-corrected chi connectivity index (χ3v) is 2.69. The van der Waals surface area contributed by atoms with Gasteiger partial charge in [0.1, 0.15) is 5.82 Å². The summed E-state index contributed by atoms with van der Waals surface area (Å²) >= 11 is 0. The van der Waals surface area contributed by atoms with Crippen molar-refractivity contribution in [3.8, 4) is 0 Å². The molecule has 19 heavy (non-hydrogen) atoms. The van der Waals surface area contributed by atoms with Gasteiger partial charge in [0, 0.05) is 31.5 Å². The molecular formula is C13H20N6. The standard InChI is InChI=1S/C13H20N6/c1-5-10-11(8-19(4)18-10)16-12-7-9(3)15-13(17-12)14-6-2/h7-8H,5-6H2,1-4H3,(H2,14,15,16,17). The number of hydrogen-bond acceptors (Lipinski definition) is 5. The molecule has 2 aromatic rings. The van der Waals surface area contributed by atoms with Crippen LogP contribution in [-0.4, -0.2) is 26.3 Å². The van der Waals surface area contributed by atoms with E-state index in [-0.39, 0.29) is 0 Å². The van der Waals surface area contributed by atoms with Gasteiger partial charge in [-0.25, -0.2) is 4.98 Å². The fourth-order valence-corrected chi connectivity index (χ4v) is 1.91. The molecule has 0 radical (unpaired) electrons. The van der Waals surface area contributed by atoms with Crippen LogP contribution in [0.3, 0.4) is 0 Å². The summed E-state index contributed by atoms with van der Waals surface area (Å²) in [6, 6.07) is 1.92. The van der Waals surface area contributed by atoms with Crippen molar-refractivity contribution < 1.29 is 0 Å². The first-order valence-corrected chi connectivity index (χ1v) is 6.51. The zero-order chi connectivity index (χ0) is 13.8. The summed E-state index contributed by atoms with van der Waals surface area (Å²) < 4.78 is 1.81. The number of rotatable bonds is 5. The second-order valence-electron chi connectivity index (χ2n) is 4.39. The number of nitrogens with one attached hydrogen (secondary N) is 2. The van der Waals surface area contributed by atoms with E-state index in [1.807, 2.05) is 33.2 Å². The molecule has 0 atom stereocenters. The van der Waals surface area contributed by atoms with Crippen LogP contribution in [0.4, 0.5) is 17.5 Å². The van der Waals surface area contributed by atoms with Gasteiger partial charge in [-0.15, -0.1) is 0 Å². The Bertz CT molecular complexity index is 560. The van der Waals surface area contributed by atoms with E-state index < -0.39 is 0 Å². The minimum absolute atomic E-state index is 0.645. The summed E-state index contributed by atoms with van der Waals surface area (Å²) in [4.78, 5) is 8.76. The third-order valence-electron chi connectivity index (χ3n) is 2.69.